The van der Waals surface area contributed by atoms with E-state index in [1.807, 2.05) is 45.3 Å². The Balaban J connectivity index is 1.28. The quantitative estimate of drug-likeness (QED) is 0.143. The van der Waals surface area contributed by atoms with Crippen molar-refractivity contribution < 1.29 is 0 Å². The monoisotopic (exact) mass is 570 g/mol. The van der Waals surface area contributed by atoms with Crippen molar-refractivity contribution in [2.75, 3.05) is 0 Å². The molecule has 0 spiro atoms. The lowest BCUT2D eigenvalue weighted by Gasteiger charge is -2.01. The average Bonchev–Trinajstić information content (AvgIpc) is 3.66. The number of rotatable bonds is 10. The van der Waals surface area contributed by atoms with E-state index in [1.165, 1.54) is 134 Å². The molecule has 7 aromatic rings. The fraction of sp³-hybridized carbons (Fsp3) is 0.353. The Labute approximate surface area is 240 Å². The zero-order chi connectivity index (χ0) is 25.6. The van der Waals surface area contributed by atoms with E-state index in [-0.39, 0.29) is 0 Å². The van der Waals surface area contributed by atoms with Crippen molar-refractivity contribution in [2.45, 2.75) is 78.1 Å². The Morgan fingerprint density at radius 2 is 0.816 bits per heavy atom. The maximum absolute atomic E-state index is 2.50. The molecule has 0 atom stereocenters. The van der Waals surface area contributed by atoms with Crippen LogP contribution < -0.4 is 0 Å². The van der Waals surface area contributed by atoms with Gasteiger partial charge in [-0.1, -0.05) is 64.5 Å². The Morgan fingerprint density at radius 1 is 0.421 bits per heavy atom. The van der Waals surface area contributed by atoms with E-state index in [9.17, 15) is 0 Å². The highest BCUT2D eigenvalue weighted by atomic mass is 32.1. The Kier molecular flexibility index (Phi) is 6.94. The second-order valence-corrected chi connectivity index (χ2v) is 15.1. The molecule has 0 nitrogen and oxygen atoms in total. The van der Waals surface area contributed by atoms with Crippen LogP contribution in [0.3, 0.4) is 0 Å². The maximum Gasteiger partial charge on any atom is 0.0542 e. The van der Waals surface area contributed by atoms with Crippen molar-refractivity contribution in [1.29, 1.82) is 0 Å². The summed E-state index contributed by atoms with van der Waals surface area (Å²) in [5.41, 5.74) is 3.01. The molecule has 0 aliphatic rings. The third-order valence-corrected chi connectivity index (χ3v) is 13.1. The molecular weight excluding hydrogens is 537 g/mol. The van der Waals surface area contributed by atoms with Gasteiger partial charge in [0, 0.05) is 40.3 Å². The molecule has 0 amide bonds. The highest BCUT2D eigenvalue weighted by Gasteiger charge is 2.17. The normalized spacial score (nSPS) is 12.5. The van der Waals surface area contributed by atoms with Crippen molar-refractivity contribution in [3.8, 4) is 0 Å². The zero-order valence-electron chi connectivity index (χ0n) is 22.3. The summed E-state index contributed by atoms with van der Waals surface area (Å²) in [6.45, 7) is 4.58. The summed E-state index contributed by atoms with van der Waals surface area (Å²) in [6.07, 6.45) is 13.0. The van der Waals surface area contributed by atoms with Crippen molar-refractivity contribution in [3.63, 3.8) is 0 Å². The van der Waals surface area contributed by atoms with Crippen LogP contribution >= 0.6 is 45.3 Å². The molecule has 0 N–H and O–H groups in total. The SMILES string of the molecule is CCCCCCc1ccc2sc3c4cc5sc6c7cc(CCCCCC)ccc7sc6c5cc4sc3c2c1. The first-order valence-electron chi connectivity index (χ1n) is 14.4. The van der Waals surface area contributed by atoms with Gasteiger partial charge in [-0.2, -0.15) is 0 Å². The van der Waals surface area contributed by atoms with Crippen LogP contribution in [-0.4, -0.2) is 0 Å². The van der Waals surface area contributed by atoms with Crippen LogP contribution in [0, 0.1) is 0 Å². The molecule has 0 unspecified atom stereocenters. The summed E-state index contributed by atoms with van der Waals surface area (Å²) in [7, 11) is 0. The fourth-order valence-corrected chi connectivity index (χ4v) is 11.2. The number of aryl methyl sites for hydroxylation is 2. The summed E-state index contributed by atoms with van der Waals surface area (Å²) in [6, 6.07) is 19.5. The second-order valence-electron chi connectivity index (χ2n) is 10.9. The van der Waals surface area contributed by atoms with Gasteiger partial charge in [-0.15, -0.1) is 45.3 Å². The van der Waals surface area contributed by atoms with E-state index in [4.69, 9.17) is 0 Å². The highest BCUT2D eigenvalue weighted by Crippen LogP contribution is 2.50. The Morgan fingerprint density at radius 3 is 1.24 bits per heavy atom. The van der Waals surface area contributed by atoms with Crippen LogP contribution in [0.2, 0.25) is 0 Å². The highest BCUT2D eigenvalue weighted by molar-refractivity contribution is 7.38. The maximum atomic E-state index is 2.50. The van der Waals surface area contributed by atoms with Gasteiger partial charge in [-0.25, -0.2) is 0 Å². The minimum atomic E-state index is 1.21. The van der Waals surface area contributed by atoms with Gasteiger partial charge in [-0.3, -0.25) is 0 Å². The summed E-state index contributed by atoms with van der Waals surface area (Å²) in [5.74, 6) is 0. The minimum absolute atomic E-state index is 1.21. The molecule has 0 fully saturated rings. The van der Waals surface area contributed by atoms with Gasteiger partial charge in [0.1, 0.15) is 0 Å². The van der Waals surface area contributed by atoms with Crippen LogP contribution in [0.1, 0.15) is 76.3 Å². The van der Waals surface area contributed by atoms with E-state index in [0.29, 0.717) is 0 Å². The van der Waals surface area contributed by atoms with Crippen LogP contribution in [0.25, 0.3) is 59.1 Å². The van der Waals surface area contributed by atoms with E-state index in [0.717, 1.165) is 0 Å². The van der Waals surface area contributed by atoms with Gasteiger partial charge in [0.05, 0.1) is 18.8 Å². The van der Waals surface area contributed by atoms with Crippen LogP contribution in [0.15, 0.2) is 48.5 Å². The lowest BCUT2D eigenvalue weighted by Crippen LogP contribution is -1.85. The number of benzene rings is 3. The molecule has 0 saturated heterocycles. The van der Waals surface area contributed by atoms with Crippen LogP contribution in [0.5, 0.6) is 0 Å². The molecule has 4 heteroatoms. The van der Waals surface area contributed by atoms with Gasteiger partial charge in [0.2, 0.25) is 0 Å². The van der Waals surface area contributed by atoms with E-state index in [1.54, 1.807) is 0 Å². The third-order valence-electron chi connectivity index (χ3n) is 8.05. The molecule has 0 bridgehead atoms. The molecule has 4 aromatic heterocycles. The predicted molar refractivity (Wildman–Crippen MR) is 179 cm³/mol. The summed E-state index contributed by atoms with van der Waals surface area (Å²) < 4.78 is 11.7. The number of fused-ring (bicyclic) bond motifs is 10. The number of unbranched alkanes of at least 4 members (excludes halogenated alkanes) is 6. The van der Waals surface area contributed by atoms with Gasteiger partial charge in [0.15, 0.2) is 0 Å². The number of thiophene rings is 4. The lowest BCUT2D eigenvalue weighted by molar-refractivity contribution is 0.667. The largest absolute Gasteiger partial charge is 0.134 e. The van der Waals surface area contributed by atoms with Gasteiger partial charge >= 0.3 is 0 Å². The second kappa shape index (κ2) is 10.5. The van der Waals surface area contributed by atoms with Crippen molar-refractivity contribution in [3.05, 3.63) is 59.7 Å². The minimum Gasteiger partial charge on any atom is -0.134 e. The molecule has 4 heterocycles. The first-order chi connectivity index (χ1) is 18.7. The summed E-state index contributed by atoms with van der Waals surface area (Å²) in [5, 5.41) is 5.86. The molecule has 7 rings (SSSR count). The molecular formula is C34H34S4. The summed E-state index contributed by atoms with van der Waals surface area (Å²) in [4.78, 5) is 0. The third kappa shape index (κ3) is 4.38. The smallest absolute Gasteiger partial charge is 0.0542 e. The van der Waals surface area contributed by atoms with Crippen molar-refractivity contribution >= 4 is 104 Å². The molecule has 38 heavy (non-hydrogen) atoms. The first kappa shape index (κ1) is 25.0. The molecule has 0 aliphatic heterocycles. The number of hydrogen-bond acceptors (Lipinski definition) is 4. The number of hydrogen-bond donors (Lipinski definition) is 0. The van der Waals surface area contributed by atoms with E-state index < -0.39 is 0 Å². The molecule has 0 saturated carbocycles. The summed E-state index contributed by atoms with van der Waals surface area (Å²) >= 11 is 7.99. The van der Waals surface area contributed by atoms with Gasteiger partial charge in [-0.05, 0) is 73.2 Å². The molecule has 0 radical (unpaired) electrons. The standard InChI is InChI=1S/C34H34S4/c1-3-5-7-9-11-21-13-15-27-23(17-21)31-33(35-27)25-19-30-26(20-29(25)37-31)34-32(38-30)24-18-22(12-10-8-6-4-2)14-16-28(24)36-34/h13-20H,3-12H2,1-2H3. The first-order valence-corrected chi connectivity index (χ1v) is 17.7. The molecule has 194 valence electrons. The average molecular weight is 571 g/mol. The Bertz CT molecular complexity index is 1760. The Hall–Kier alpha value is -1.98. The molecule has 3 aromatic carbocycles. The van der Waals surface area contributed by atoms with E-state index in [2.05, 4.69) is 62.4 Å². The van der Waals surface area contributed by atoms with Gasteiger partial charge in [0.25, 0.3) is 0 Å². The predicted octanol–water partition coefficient (Wildman–Crippen LogP) is 13.1. The van der Waals surface area contributed by atoms with Crippen LogP contribution in [0.4, 0.5) is 0 Å². The van der Waals surface area contributed by atoms with Gasteiger partial charge < -0.3 is 0 Å². The van der Waals surface area contributed by atoms with Crippen molar-refractivity contribution in [1.82, 2.24) is 0 Å². The van der Waals surface area contributed by atoms with Crippen molar-refractivity contribution in [2.24, 2.45) is 0 Å². The topological polar surface area (TPSA) is 0 Å². The van der Waals surface area contributed by atoms with E-state index >= 15 is 0 Å². The fourth-order valence-electron chi connectivity index (χ4n) is 5.93. The molecule has 0 aliphatic carbocycles. The van der Waals surface area contributed by atoms with Crippen LogP contribution in [-0.2, 0) is 12.8 Å². The lowest BCUT2D eigenvalue weighted by atomic mass is 10.0. The zero-order valence-corrected chi connectivity index (χ0v) is 25.6.